The number of carbonyl (C=O) groups is 1. The van der Waals surface area contributed by atoms with Crippen molar-refractivity contribution in [2.45, 2.75) is 13.8 Å². The van der Waals surface area contributed by atoms with Gasteiger partial charge in [-0.05, 0) is 44.2 Å². The number of carboxylic acid groups (broad SMARTS) is 1. The standard InChI is InChI=1S/C19H18N2O4S/c1-3-24-16-8-6-12(9-17(16)25-4-2)18-21-15(11-26-18)14-7-5-13(10-20-14)19(22)23/h5-11H,3-4H2,1-2H3,(H,22,23). The summed E-state index contributed by atoms with van der Waals surface area (Å²) < 4.78 is 11.2. The first kappa shape index (κ1) is 17.9. The van der Waals surface area contributed by atoms with Crippen LogP contribution in [0.3, 0.4) is 0 Å². The van der Waals surface area contributed by atoms with Crippen LogP contribution in [0, 0.1) is 0 Å². The van der Waals surface area contributed by atoms with Crippen LogP contribution in [0.15, 0.2) is 41.9 Å². The molecular weight excluding hydrogens is 352 g/mol. The number of benzene rings is 1. The number of aromatic nitrogens is 2. The van der Waals surface area contributed by atoms with Crippen molar-refractivity contribution < 1.29 is 19.4 Å². The molecule has 6 nitrogen and oxygen atoms in total. The third kappa shape index (κ3) is 3.83. The molecule has 7 heteroatoms. The molecule has 2 heterocycles. The lowest BCUT2D eigenvalue weighted by Crippen LogP contribution is -1.98. The van der Waals surface area contributed by atoms with Gasteiger partial charge in [0.15, 0.2) is 11.5 Å². The number of thiazole rings is 1. The Labute approximate surface area is 155 Å². The molecule has 0 unspecified atom stereocenters. The van der Waals surface area contributed by atoms with E-state index in [4.69, 9.17) is 14.6 Å². The average Bonchev–Trinajstić information content (AvgIpc) is 3.14. The Balaban J connectivity index is 1.89. The Morgan fingerprint density at radius 1 is 1.08 bits per heavy atom. The topological polar surface area (TPSA) is 81.5 Å². The summed E-state index contributed by atoms with van der Waals surface area (Å²) in [6, 6.07) is 8.92. The van der Waals surface area contributed by atoms with Gasteiger partial charge in [0, 0.05) is 17.1 Å². The lowest BCUT2D eigenvalue weighted by molar-refractivity contribution is 0.0696. The van der Waals surface area contributed by atoms with Gasteiger partial charge in [0.1, 0.15) is 10.7 Å². The molecule has 0 aliphatic rings. The summed E-state index contributed by atoms with van der Waals surface area (Å²) in [5.41, 5.74) is 2.41. The molecule has 0 aliphatic heterocycles. The summed E-state index contributed by atoms with van der Waals surface area (Å²) in [5.74, 6) is 0.397. The minimum Gasteiger partial charge on any atom is -0.490 e. The van der Waals surface area contributed by atoms with E-state index in [9.17, 15) is 4.79 Å². The lowest BCUT2D eigenvalue weighted by Gasteiger charge is -2.11. The van der Waals surface area contributed by atoms with Gasteiger partial charge in [0.05, 0.1) is 24.5 Å². The highest BCUT2D eigenvalue weighted by atomic mass is 32.1. The Hall–Kier alpha value is -2.93. The molecule has 3 aromatic rings. The molecular formula is C19H18N2O4S. The SMILES string of the molecule is CCOc1ccc(-c2nc(-c3ccc(C(=O)O)cn3)cs2)cc1OCC. The maximum absolute atomic E-state index is 10.9. The molecule has 0 fully saturated rings. The van der Waals surface area contributed by atoms with Crippen LogP contribution in [0.5, 0.6) is 11.5 Å². The van der Waals surface area contributed by atoms with Crippen LogP contribution in [0.2, 0.25) is 0 Å². The van der Waals surface area contributed by atoms with Crippen LogP contribution >= 0.6 is 11.3 Å². The van der Waals surface area contributed by atoms with Crippen molar-refractivity contribution in [2.75, 3.05) is 13.2 Å². The fraction of sp³-hybridized carbons (Fsp3) is 0.211. The molecule has 2 aromatic heterocycles. The summed E-state index contributed by atoms with van der Waals surface area (Å²) in [6.45, 7) is 4.97. The second-order valence-corrected chi connectivity index (χ2v) is 6.16. The number of hydrogen-bond acceptors (Lipinski definition) is 6. The van der Waals surface area contributed by atoms with Gasteiger partial charge in [0.2, 0.25) is 0 Å². The molecule has 0 atom stereocenters. The number of nitrogens with zero attached hydrogens (tertiary/aromatic N) is 2. The normalized spacial score (nSPS) is 10.5. The molecule has 1 N–H and O–H groups in total. The minimum atomic E-state index is -0.999. The summed E-state index contributed by atoms with van der Waals surface area (Å²) in [7, 11) is 0. The van der Waals surface area contributed by atoms with Crippen molar-refractivity contribution in [1.82, 2.24) is 9.97 Å². The van der Waals surface area contributed by atoms with E-state index in [1.54, 1.807) is 6.07 Å². The van der Waals surface area contributed by atoms with Crippen LogP contribution in [0.25, 0.3) is 22.0 Å². The Morgan fingerprint density at radius 2 is 1.85 bits per heavy atom. The predicted octanol–water partition coefficient (Wildman–Crippen LogP) is 4.37. The van der Waals surface area contributed by atoms with Crippen LogP contribution in [-0.4, -0.2) is 34.3 Å². The first-order valence-electron chi connectivity index (χ1n) is 8.17. The zero-order valence-electron chi connectivity index (χ0n) is 14.4. The van der Waals surface area contributed by atoms with Crippen molar-refractivity contribution in [3.05, 3.63) is 47.5 Å². The molecule has 0 radical (unpaired) electrons. The van der Waals surface area contributed by atoms with Crippen molar-refractivity contribution in [2.24, 2.45) is 0 Å². The smallest absolute Gasteiger partial charge is 0.337 e. The van der Waals surface area contributed by atoms with E-state index in [0.29, 0.717) is 36.1 Å². The second-order valence-electron chi connectivity index (χ2n) is 5.30. The minimum absolute atomic E-state index is 0.150. The molecule has 3 rings (SSSR count). The number of ether oxygens (including phenoxy) is 2. The fourth-order valence-electron chi connectivity index (χ4n) is 2.38. The monoisotopic (exact) mass is 370 g/mol. The summed E-state index contributed by atoms with van der Waals surface area (Å²) in [6.07, 6.45) is 1.33. The largest absolute Gasteiger partial charge is 0.490 e. The van der Waals surface area contributed by atoms with Gasteiger partial charge >= 0.3 is 5.97 Å². The zero-order chi connectivity index (χ0) is 18.5. The van der Waals surface area contributed by atoms with Gasteiger partial charge < -0.3 is 14.6 Å². The number of aromatic carboxylic acids is 1. The van der Waals surface area contributed by atoms with E-state index in [-0.39, 0.29) is 5.56 Å². The highest BCUT2D eigenvalue weighted by Crippen LogP contribution is 2.35. The van der Waals surface area contributed by atoms with Gasteiger partial charge in [-0.3, -0.25) is 4.98 Å². The summed E-state index contributed by atoms with van der Waals surface area (Å²) in [4.78, 5) is 19.7. The van der Waals surface area contributed by atoms with Gasteiger partial charge in [0.25, 0.3) is 0 Å². The van der Waals surface area contributed by atoms with E-state index in [1.807, 2.05) is 37.4 Å². The first-order chi connectivity index (χ1) is 12.6. The highest BCUT2D eigenvalue weighted by molar-refractivity contribution is 7.13. The maximum atomic E-state index is 10.9. The molecule has 0 saturated carbocycles. The first-order valence-corrected chi connectivity index (χ1v) is 9.05. The number of hydrogen-bond donors (Lipinski definition) is 1. The number of rotatable bonds is 7. The van der Waals surface area contributed by atoms with Gasteiger partial charge in [-0.2, -0.15) is 0 Å². The maximum Gasteiger partial charge on any atom is 0.337 e. The number of carboxylic acids is 1. The Kier molecular flexibility index (Phi) is 5.48. The van der Waals surface area contributed by atoms with Crippen LogP contribution in [0.4, 0.5) is 0 Å². The quantitative estimate of drug-likeness (QED) is 0.665. The number of pyridine rings is 1. The van der Waals surface area contributed by atoms with E-state index in [2.05, 4.69) is 9.97 Å². The molecule has 1 aromatic carbocycles. The molecule has 26 heavy (non-hydrogen) atoms. The summed E-state index contributed by atoms with van der Waals surface area (Å²) in [5, 5.41) is 11.7. The second kappa shape index (κ2) is 7.97. The molecule has 0 bridgehead atoms. The van der Waals surface area contributed by atoms with Gasteiger partial charge in [-0.25, -0.2) is 9.78 Å². The third-order valence-corrected chi connectivity index (χ3v) is 4.46. The van der Waals surface area contributed by atoms with E-state index in [1.165, 1.54) is 23.6 Å². The van der Waals surface area contributed by atoms with Gasteiger partial charge in [-0.1, -0.05) is 0 Å². The van der Waals surface area contributed by atoms with Crippen LogP contribution < -0.4 is 9.47 Å². The predicted molar refractivity (Wildman–Crippen MR) is 100 cm³/mol. The third-order valence-electron chi connectivity index (χ3n) is 3.57. The molecule has 0 amide bonds. The van der Waals surface area contributed by atoms with E-state index >= 15 is 0 Å². The molecule has 0 spiro atoms. The summed E-state index contributed by atoms with van der Waals surface area (Å²) >= 11 is 1.49. The average molecular weight is 370 g/mol. The molecule has 134 valence electrons. The Morgan fingerprint density at radius 3 is 2.50 bits per heavy atom. The highest BCUT2D eigenvalue weighted by Gasteiger charge is 2.12. The molecule has 0 aliphatic carbocycles. The fourth-order valence-corrected chi connectivity index (χ4v) is 3.19. The van der Waals surface area contributed by atoms with Crippen molar-refractivity contribution in [3.63, 3.8) is 0 Å². The van der Waals surface area contributed by atoms with E-state index < -0.39 is 5.97 Å². The van der Waals surface area contributed by atoms with Gasteiger partial charge in [-0.15, -0.1) is 11.3 Å². The van der Waals surface area contributed by atoms with Crippen LogP contribution in [-0.2, 0) is 0 Å². The van der Waals surface area contributed by atoms with E-state index in [0.717, 1.165) is 10.6 Å². The Bertz CT molecular complexity index is 906. The lowest BCUT2D eigenvalue weighted by atomic mass is 10.2. The zero-order valence-corrected chi connectivity index (χ0v) is 15.2. The molecule has 0 saturated heterocycles. The van der Waals surface area contributed by atoms with Crippen molar-refractivity contribution in [1.29, 1.82) is 0 Å². The van der Waals surface area contributed by atoms with Crippen LogP contribution in [0.1, 0.15) is 24.2 Å². The van der Waals surface area contributed by atoms with Crippen molar-refractivity contribution in [3.8, 4) is 33.5 Å². The van der Waals surface area contributed by atoms with Crippen molar-refractivity contribution >= 4 is 17.3 Å².